The van der Waals surface area contributed by atoms with Crippen LogP contribution in [0, 0.1) is 6.92 Å². The van der Waals surface area contributed by atoms with Crippen molar-refractivity contribution in [3.05, 3.63) is 53.6 Å². The van der Waals surface area contributed by atoms with Crippen molar-refractivity contribution in [1.29, 1.82) is 0 Å². The van der Waals surface area contributed by atoms with Crippen LogP contribution in [0.3, 0.4) is 0 Å². The molecule has 4 nitrogen and oxygen atoms in total. The number of aryl methyl sites for hydroxylation is 2. The second-order valence-corrected chi connectivity index (χ2v) is 7.16. The highest BCUT2D eigenvalue weighted by Gasteiger charge is 2.41. The van der Waals surface area contributed by atoms with Crippen molar-refractivity contribution in [2.24, 2.45) is 0 Å². The summed E-state index contributed by atoms with van der Waals surface area (Å²) >= 11 is 1.42. The Kier molecular flexibility index (Phi) is 4.62. The second-order valence-electron chi connectivity index (χ2n) is 5.88. The number of nitrogens with two attached hydrogens (primary N) is 1. The average molecular weight is 340 g/mol. The Morgan fingerprint density at radius 1 is 1.17 bits per heavy atom. The predicted molar refractivity (Wildman–Crippen MR) is 98.2 cm³/mol. The van der Waals surface area contributed by atoms with Crippen molar-refractivity contribution < 1.29 is 9.59 Å². The van der Waals surface area contributed by atoms with Crippen LogP contribution < -0.4 is 10.6 Å². The molecule has 2 N–H and O–H groups in total. The van der Waals surface area contributed by atoms with Crippen LogP contribution in [0.5, 0.6) is 0 Å². The highest BCUT2D eigenvalue weighted by atomic mass is 32.2. The summed E-state index contributed by atoms with van der Waals surface area (Å²) in [6, 6.07) is 13.2. The third kappa shape index (κ3) is 3.04. The molecule has 5 heteroatoms. The minimum Gasteiger partial charge on any atom is -0.399 e. The lowest BCUT2D eigenvalue weighted by Crippen LogP contribution is -2.32. The fraction of sp³-hybridized carbons (Fsp3) is 0.263. The first-order valence-electron chi connectivity index (χ1n) is 7.98. The van der Waals surface area contributed by atoms with Crippen molar-refractivity contribution in [3.63, 3.8) is 0 Å². The van der Waals surface area contributed by atoms with Gasteiger partial charge in [-0.2, -0.15) is 0 Å². The Morgan fingerprint density at radius 2 is 1.88 bits per heavy atom. The second kappa shape index (κ2) is 6.69. The standard InChI is InChI=1S/C19H20N2O2S/c1-3-13-6-4-5-12(2)18(13)21-17(22)11-16(19(21)23)24-15-9-7-14(20)8-10-15/h4-10,16H,3,11,20H2,1-2H3. The van der Waals surface area contributed by atoms with E-state index < -0.39 is 0 Å². The fourth-order valence-electron chi connectivity index (χ4n) is 2.97. The fourth-order valence-corrected chi connectivity index (χ4v) is 4.02. The summed E-state index contributed by atoms with van der Waals surface area (Å²) < 4.78 is 0. The minimum absolute atomic E-state index is 0.128. The van der Waals surface area contributed by atoms with Crippen molar-refractivity contribution in [2.45, 2.75) is 36.8 Å². The molecule has 0 aromatic heterocycles. The summed E-state index contributed by atoms with van der Waals surface area (Å²) in [6.45, 7) is 3.97. The SMILES string of the molecule is CCc1cccc(C)c1N1C(=O)CC(Sc2ccc(N)cc2)C1=O. The number of para-hydroxylation sites is 1. The van der Waals surface area contributed by atoms with Crippen molar-refractivity contribution in [3.8, 4) is 0 Å². The van der Waals surface area contributed by atoms with E-state index in [0.29, 0.717) is 5.69 Å². The first-order valence-corrected chi connectivity index (χ1v) is 8.86. The molecule has 1 atom stereocenters. The van der Waals surface area contributed by atoms with Crippen LogP contribution in [0.4, 0.5) is 11.4 Å². The van der Waals surface area contributed by atoms with Crippen molar-refractivity contribution in [2.75, 3.05) is 10.6 Å². The molecule has 124 valence electrons. The monoisotopic (exact) mass is 340 g/mol. The van der Waals surface area contributed by atoms with Gasteiger partial charge in [-0.3, -0.25) is 9.59 Å². The average Bonchev–Trinajstić information content (AvgIpc) is 2.83. The van der Waals surface area contributed by atoms with Gasteiger partial charge in [-0.1, -0.05) is 25.1 Å². The number of nitrogen functional groups attached to an aromatic ring is 1. The molecule has 0 bridgehead atoms. The molecule has 1 aliphatic rings. The molecule has 1 heterocycles. The third-order valence-corrected chi connectivity index (χ3v) is 5.39. The van der Waals surface area contributed by atoms with E-state index in [2.05, 4.69) is 0 Å². The van der Waals surface area contributed by atoms with Gasteiger partial charge in [0.25, 0.3) is 0 Å². The van der Waals surface area contributed by atoms with E-state index in [-0.39, 0.29) is 23.5 Å². The third-order valence-electron chi connectivity index (χ3n) is 4.19. The number of carbonyl (C=O) groups excluding carboxylic acids is 2. The summed E-state index contributed by atoms with van der Waals surface area (Å²) in [5.41, 5.74) is 9.11. The number of amides is 2. The van der Waals surface area contributed by atoms with Crippen molar-refractivity contribution >= 4 is 35.0 Å². The predicted octanol–water partition coefficient (Wildman–Crippen LogP) is 3.56. The van der Waals surface area contributed by atoms with Gasteiger partial charge in [0, 0.05) is 17.0 Å². The number of imide groups is 1. The number of nitrogens with zero attached hydrogens (tertiary/aromatic N) is 1. The highest BCUT2D eigenvalue weighted by Crippen LogP contribution is 2.36. The van der Waals surface area contributed by atoms with Gasteiger partial charge in [-0.25, -0.2) is 4.90 Å². The van der Waals surface area contributed by atoms with Gasteiger partial charge in [-0.15, -0.1) is 11.8 Å². The van der Waals surface area contributed by atoms with Crippen LogP contribution in [0.1, 0.15) is 24.5 Å². The molecule has 0 radical (unpaired) electrons. The molecule has 1 aliphatic heterocycles. The molecule has 0 aliphatic carbocycles. The summed E-state index contributed by atoms with van der Waals surface area (Å²) in [5.74, 6) is -0.261. The van der Waals surface area contributed by atoms with Crippen LogP contribution in [-0.2, 0) is 16.0 Å². The van der Waals surface area contributed by atoms with E-state index in [0.717, 1.165) is 28.1 Å². The number of hydrogen-bond donors (Lipinski definition) is 1. The van der Waals surface area contributed by atoms with Crippen LogP contribution in [0.25, 0.3) is 0 Å². The highest BCUT2D eigenvalue weighted by molar-refractivity contribution is 8.00. The Morgan fingerprint density at radius 3 is 2.54 bits per heavy atom. The Balaban J connectivity index is 1.88. The van der Waals surface area contributed by atoms with E-state index in [4.69, 9.17) is 5.73 Å². The smallest absolute Gasteiger partial charge is 0.247 e. The molecule has 2 aromatic rings. The van der Waals surface area contributed by atoms with E-state index >= 15 is 0 Å². The molecule has 1 unspecified atom stereocenters. The minimum atomic E-state index is -0.384. The number of carbonyl (C=O) groups is 2. The lowest BCUT2D eigenvalue weighted by molar-refractivity contribution is -0.121. The van der Waals surface area contributed by atoms with E-state index in [9.17, 15) is 9.59 Å². The molecule has 1 saturated heterocycles. The Hall–Kier alpha value is -2.27. The summed E-state index contributed by atoms with van der Waals surface area (Å²) in [4.78, 5) is 27.7. The quantitative estimate of drug-likeness (QED) is 0.683. The van der Waals surface area contributed by atoms with Crippen LogP contribution in [-0.4, -0.2) is 17.1 Å². The zero-order valence-electron chi connectivity index (χ0n) is 13.8. The largest absolute Gasteiger partial charge is 0.399 e. The molecule has 24 heavy (non-hydrogen) atoms. The van der Waals surface area contributed by atoms with Gasteiger partial charge in [-0.05, 0) is 48.7 Å². The van der Waals surface area contributed by atoms with Crippen LogP contribution in [0.2, 0.25) is 0 Å². The van der Waals surface area contributed by atoms with E-state index in [1.807, 2.05) is 44.2 Å². The Bertz CT molecular complexity index is 786. The molecular weight excluding hydrogens is 320 g/mol. The number of hydrogen-bond acceptors (Lipinski definition) is 4. The van der Waals surface area contributed by atoms with Crippen molar-refractivity contribution in [1.82, 2.24) is 0 Å². The summed E-state index contributed by atoms with van der Waals surface area (Å²) in [6.07, 6.45) is 1.01. The molecule has 0 spiro atoms. The normalized spacial score (nSPS) is 17.6. The Labute approximate surface area is 146 Å². The number of anilines is 2. The van der Waals surface area contributed by atoms with E-state index in [1.165, 1.54) is 16.7 Å². The molecule has 3 rings (SSSR count). The lowest BCUT2D eigenvalue weighted by atomic mass is 10.0. The molecule has 2 amide bonds. The first-order chi connectivity index (χ1) is 11.5. The molecule has 0 saturated carbocycles. The summed E-state index contributed by atoms with van der Waals surface area (Å²) in [5, 5.41) is -0.384. The van der Waals surface area contributed by atoms with Gasteiger partial charge in [0.2, 0.25) is 11.8 Å². The summed E-state index contributed by atoms with van der Waals surface area (Å²) in [7, 11) is 0. The van der Waals surface area contributed by atoms with Gasteiger partial charge in [0.05, 0.1) is 10.9 Å². The van der Waals surface area contributed by atoms with Crippen LogP contribution >= 0.6 is 11.8 Å². The van der Waals surface area contributed by atoms with E-state index in [1.54, 1.807) is 12.1 Å². The maximum atomic E-state index is 12.9. The topological polar surface area (TPSA) is 63.4 Å². The zero-order chi connectivity index (χ0) is 17.3. The number of thioether (sulfide) groups is 1. The maximum absolute atomic E-state index is 12.9. The van der Waals surface area contributed by atoms with Gasteiger partial charge in [0.1, 0.15) is 0 Å². The molecule has 1 fully saturated rings. The van der Waals surface area contributed by atoms with Gasteiger partial charge in [0.15, 0.2) is 0 Å². The zero-order valence-corrected chi connectivity index (χ0v) is 14.6. The number of rotatable bonds is 4. The lowest BCUT2D eigenvalue weighted by Gasteiger charge is -2.20. The first kappa shape index (κ1) is 16.6. The maximum Gasteiger partial charge on any atom is 0.247 e. The van der Waals surface area contributed by atoms with Gasteiger partial charge >= 0.3 is 0 Å². The molecule has 2 aromatic carbocycles. The molecular formula is C19H20N2O2S. The van der Waals surface area contributed by atoms with Gasteiger partial charge < -0.3 is 5.73 Å². The number of benzene rings is 2. The van der Waals surface area contributed by atoms with Crippen LogP contribution in [0.15, 0.2) is 47.4 Å².